The summed E-state index contributed by atoms with van der Waals surface area (Å²) in [4.78, 5) is 4.17. The molecule has 2 rings (SSSR count). The minimum Gasteiger partial charge on any atom is -0.454 e. The predicted octanol–water partition coefficient (Wildman–Crippen LogP) is 3.80. The maximum atomic E-state index is 13.1. The number of halogens is 2. The van der Waals surface area contributed by atoms with Gasteiger partial charge in [0, 0.05) is 12.1 Å². The first-order valence-electron chi connectivity index (χ1n) is 5.40. The van der Waals surface area contributed by atoms with Gasteiger partial charge in [-0.1, -0.05) is 0 Å². The van der Waals surface area contributed by atoms with Crippen LogP contribution in [0.5, 0.6) is 11.5 Å². The smallest absolute Gasteiger partial charge is 0.145 e. The molecule has 0 spiro atoms. The van der Waals surface area contributed by atoms with Crippen molar-refractivity contribution in [1.29, 1.82) is 0 Å². The first-order chi connectivity index (χ1) is 8.56. The summed E-state index contributed by atoms with van der Waals surface area (Å²) in [6.07, 6.45) is 1.57. The van der Waals surface area contributed by atoms with E-state index in [1.165, 1.54) is 12.1 Å². The Morgan fingerprint density at radius 1 is 1.33 bits per heavy atom. The number of nitrogens with zero attached hydrogens (tertiary/aromatic N) is 1. The van der Waals surface area contributed by atoms with E-state index in [0.29, 0.717) is 16.0 Å². The zero-order chi connectivity index (χ0) is 13.1. The summed E-state index contributed by atoms with van der Waals surface area (Å²) in [7, 11) is 0. The molecule has 1 atom stereocenters. The zero-order valence-corrected chi connectivity index (χ0v) is 11.3. The van der Waals surface area contributed by atoms with Gasteiger partial charge in [0.05, 0.1) is 16.4 Å². The van der Waals surface area contributed by atoms with Crippen molar-refractivity contribution in [2.75, 3.05) is 0 Å². The Morgan fingerprint density at radius 3 is 2.72 bits per heavy atom. The number of rotatable bonds is 3. The molecule has 94 valence electrons. The molecule has 0 unspecified atom stereocenters. The van der Waals surface area contributed by atoms with E-state index in [2.05, 4.69) is 20.9 Å². The summed E-state index contributed by atoms with van der Waals surface area (Å²) in [5, 5.41) is 0. The largest absolute Gasteiger partial charge is 0.454 e. The highest BCUT2D eigenvalue weighted by atomic mass is 79.9. The van der Waals surface area contributed by atoms with Crippen molar-refractivity contribution in [2.24, 2.45) is 5.73 Å². The molecule has 2 N–H and O–H groups in total. The highest BCUT2D eigenvalue weighted by molar-refractivity contribution is 9.10. The third-order valence-corrected chi connectivity index (χ3v) is 3.00. The number of hydrogen-bond donors (Lipinski definition) is 1. The van der Waals surface area contributed by atoms with Crippen LogP contribution < -0.4 is 10.5 Å². The van der Waals surface area contributed by atoms with Crippen molar-refractivity contribution in [3.05, 3.63) is 52.5 Å². The van der Waals surface area contributed by atoms with Gasteiger partial charge in [-0.25, -0.2) is 4.39 Å². The monoisotopic (exact) mass is 310 g/mol. The molecule has 1 aromatic heterocycles. The summed E-state index contributed by atoms with van der Waals surface area (Å²) in [6.45, 7) is 1.85. The third kappa shape index (κ3) is 3.05. The number of hydrogen-bond acceptors (Lipinski definition) is 3. The second-order valence-electron chi connectivity index (χ2n) is 3.88. The van der Waals surface area contributed by atoms with Crippen molar-refractivity contribution < 1.29 is 9.13 Å². The van der Waals surface area contributed by atoms with Crippen LogP contribution in [-0.4, -0.2) is 4.98 Å². The molecule has 0 aliphatic carbocycles. The Labute approximate surface area is 113 Å². The van der Waals surface area contributed by atoms with Crippen LogP contribution >= 0.6 is 15.9 Å². The van der Waals surface area contributed by atoms with Gasteiger partial charge in [0.25, 0.3) is 0 Å². The van der Waals surface area contributed by atoms with Gasteiger partial charge in [-0.3, -0.25) is 4.98 Å². The number of aromatic nitrogens is 1. The highest BCUT2D eigenvalue weighted by Crippen LogP contribution is 2.30. The van der Waals surface area contributed by atoms with Crippen molar-refractivity contribution in [3.63, 3.8) is 0 Å². The summed E-state index contributed by atoms with van der Waals surface area (Å²) in [5.41, 5.74) is 6.48. The first kappa shape index (κ1) is 13.0. The van der Waals surface area contributed by atoms with Crippen LogP contribution in [0.25, 0.3) is 0 Å². The van der Waals surface area contributed by atoms with Gasteiger partial charge in [0.1, 0.15) is 17.3 Å². The molecular formula is C13H12BrFN2O. The molecule has 1 aromatic carbocycles. The van der Waals surface area contributed by atoms with E-state index in [-0.39, 0.29) is 11.9 Å². The van der Waals surface area contributed by atoms with Gasteiger partial charge < -0.3 is 10.5 Å². The molecule has 0 saturated heterocycles. The quantitative estimate of drug-likeness (QED) is 0.938. The summed E-state index contributed by atoms with van der Waals surface area (Å²) < 4.78 is 19.3. The van der Waals surface area contributed by atoms with Gasteiger partial charge in [0.15, 0.2) is 0 Å². The van der Waals surface area contributed by atoms with Crippen molar-refractivity contribution in [1.82, 2.24) is 4.98 Å². The van der Waals surface area contributed by atoms with Gasteiger partial charge in [0.2, 0.25) is 0 Å². The normalized spacial score (nSPS) is 12.2. The van der Waals surface area contributed by atoms with Crippen LogP contribution in [-0.2, 0) is 0 Å². The van der Waals surface area contributed by atoms with Crippen LogP contribution in [0.3, 0.4) is 0 Å². The Bertz CT molecular complexity index is 543. The zero-order valence-electron chi connectivity index (χ0n) is 9.73. The second-order valence-corrected chi connectivity index (χ2v) is 4.74. The minimum atomic E-state index is -0.353. The highest BCUT2D eigenvalue weighted by Gasteiger charge is 2.06. The van der Waals surface area contributed by atoms with Crippen LogP contribution in [0.1, 0.15) is 18.7 Å². The molecular weight excluding hydrogens is 299 g/mol. The van der Waals surface area contributed by atoms with Gasteiger partial charge >= 0.3 is 0 Å². The average molecular weight is 311 g/mol. The molecule has 0 saturated carbocycles. The molecule has 5 heteroatoms. The molecule has 2 aromatic rings. The van der Waals surface area contributed by atoms with E-state index in [1.54, 1.807) is 24.4 Å². The Kier molecular flexibility index (Phi) is 3.93. The van der Waals surface area contributed by atoms with E-state index in [4.69, 9.17) is 10.5 Å². The standard InChI is InChI=1S/C13H12BrFN2O/c1-8(16)12-5-3-10(7-17-12)18-13-6-9(15)2-4-11(13)14/h2-8H,16H2,1H3/t8-/m1/s1. The Morgan fingerprint density at radius 2 is 2.11 bits per heavy atom. The number of nitrogens with two attached hydrogens (primary N) is 1. The van der Waals surface area contributed by atoms with E-state index in [9.17, 15) is 4.39 Å². The van der Waals surface area contributed by atoms with Crippen LogP contribution in [0.2, 0.25) is 0 Å². The van der Waals surface area contributed by atoms with Crippen LogP contribution in [0.15, 0.2) is 41.0 Å². The van der Waals surface area contributed by atoms with Crippen molar-refractivity contribution in [3.8, 4) is 11.5 Å². The lowest BCUT2D eigenvalue weighted by atomic mass is 10.2. The molecule has 18 heavy (non-hydrogen) atoms. The SMILES string of the molecule is C[C@@H](N)c1ccc(Oc2cc(F)ccc2Br)cn1. The fourth-order valence-electron chi connectivity index (χ4n) is 1.40. The van der Waals surface area contributed by atoms with Crippen LogP contribution in [0, 0.1) is 5.82 Å². The van der Waals surface area contributed by atoms with Gasteiger partial charge in [-0.15, -0.1) is 0 Å². The molecule has 0 aliphatic rings. The Hall–Kier alpha value is -1.46. The average Bonchev–Trinajstić information content (AvgIpc) is 2.34. The van der Waals surface area contributed by atoms with E-state index >= 15 is 0 Å². The lowest BCUT2D eigenvalue weighted by Gasteiger charge is -2.09. The first-order valence-corrected chi connectivity index (χ1v) is 6.20. The summed E-state index contributed by atoms with van der Waals surface area (Å²) in [6, 6.07) is 7.67. The summed E-state index contributed by atoms with van der Waals surface area (Å²) >= 11 is 3.29. The van der Waals surface area contributed by atoms with E-state index < -0.39 is 0 Å². The molecule has 0 amide bonds. The molecule has 0 radical (unpaired) electrons. The topological polar surface area (TPSA) is 48.1 Å². The second kappa shape index (κ2) is 5.46. The summed E-state index contributed by atoms with van der Waals surface area (Å²) in [5.74, 6) is 0.587. The predicted molar refractivity (Wildman–Crippen MR) is 71.0 cm³/mol. The number of benzene rings is 1. The van der Waals surface area contributed by atoms with E-state index in [1.807, 2.05) is 6.92 Å². The fraction of sp³-hybridized carbons (Fsp3) is 0.154. The maximum Gasteiger partial charge on any atom is 0.145 e. The van der Waals surface area contributed by atoms with Gasteiger partial charge in [-0.05, 0) is 47.1 Å². The van der Waals surface area contributed by atoms with E-state index in [0.717, 1.165) is 5.69 Å². The number of ether oxygens (including phenoxy) is 1. The lowest BCUT2D eigenvalue weighted by Crippen LogP contribution is -2.06. The van der Waals surface area contributed by atoms with Crippen LogP contribution in [0.4, 0.5) is 4.39 Å². The molecule has 3 nitrogen and oxygen atoms in total. The Balaban J connectivity index is 2.21. The molecule has 0 aliphatic heterocycles. The van der Waals surface area contributed by atoms with Gasteiger partial charge in [-0.2, -0.15) is 0 Å². The lowest BCUT2D eigenvalue weighted by molar-refractivity contribution is 0.470. The minimum absolute atomic E-state index is 0.125. The molecule has 0 fully saturated rings. The van der Waals surface area contributed by atoms with Crippen molar-refractivity contribution in [2.45, 2.75) is 13.0 Å². The molecule has 1 heterocycles. The molecule has 0 bridgehead atoms. The number of pyridine rings is 1. The van der Waals surface area contributed by atoms with Crippen molar-refractivity contribution >= 4 is 15.9 Å². The maximum absolute atomic E-state index is 13.1. The fourth-order valence-corrected chi connectivity index (χ4v) is 1.73. The third-order valence-electron chi connectivity index (χ3n) is 2.35.